The quantitative estimate of drug-likeness (QED) is 0.634. The molecule has 2 aromatic carbocycles. The number of carbonyl (C=O) groups excluding carboxylic acids is 1. The van der Waals surface area contributed by atoms with Gasteiger partial charge in [0.25, 0.3) is 0 Å². The predicted molar refractivity (Wildman–Crippen MR) is 99.6 cm³/mol. The van der Waals surface area contributed by atoms with E-state index in [2.05, 4.69) is 20.7 Å². The first-order chi connectivity index (χ1) is 12.1. The monoisotopic (exact) mass is 335 g/mol. The van der Waals surface area contributed by atoms with Crippen LogP contribution < -0.4 is 9.80 Å². The van der Waals surface area contributed by atoms with Crippen LogP contribution in [0.3, 0.4) is 0 Å². The van der Waals surface area contributed by atoms with Crippen molar-refractivity contribution in [3.05, 3.63) is 65.0 Å². The second kappa shape index (κ2) is 7.27. The van der Waals surface area contributed by atoms with Crippen LogP contribution in [-0.2, 0) is 4.74 Å². The number of ether oxygens (including phenoxy) is 1. The summed E-state index contributed by atoms with van der Waals surface area (Å²) < 4.78 is 4.73. The molecule has 0 amide bonds. The minimum Gasteiger partial charge on any atom is -0.465 e. The van der Waals surface area contributed by atoms with Crippen molar-refractivity contribution in [1.82, 2.24) is 0 Å². The molecule has 1 heterocycles. The normalized spacial score (nSPS) is 14.1. The number of aryl methyl sites for hydroxylation is 1. The lowest BCUT2D eigenvalue weighted by molar-refractivity contribution is 0.0601. The van der Waals surface area contributed by atoms with Gasteiger partial charge in [0.2, 0.25) is 0 Å². The highest BCUT2D eigenvalue weighted by atomic mass is 16.5. The van der Waals surface area contributed by atoms with Gasteiger partial charge in [0.1, 0.15) is 0 Å². The molecule has 0 spiro atoms. The van der Waals surface area contributed by atoms with E-state index in [9.17, 15) is 4.79 Å². The van der Waals surface area contributed by atoms with Crippen LogP contribution in [-0.4, -0.2) is 39.3 Å². The van der Waals surface area contributed by atoms with E-state index in [1.54, 1.807) is 12.1 Å². The molecule has 0 unspecified atom stereocenters. The number of hydrogen-bond acceptors (Lipinski definition) is 4. The standard InChI is InChI=1S/C20H21N3O2/c1-15-4-7-18(14-19(15)21-2)23-12-10-22(11-13-23)17-8-5-16(6-9-17)20(24)25-3/h4-9,14H,10-13H2,1,3H3. The molecule has 3 rings (SSSR count). The van der Waals surface area contributed by atoms with Gasteiger partial charge in [-0.05, 0) is 48.9 Å². The summed E-state index contributed by atoms with van der Waals surface area (Å²) in [5.41, 5.74) is 4.52. The maximum absolute atomic E-state index is 11.5. The first kappa shape index (κ1) is 16.8. The summed E-state index contributed by atoms with van der Waals surface area (Å²) in [6.45, 7) is 12.8. The van der Waals surface area contributed by atoms with Crippen LogP contribution >= 0.6 is 0 Å². The Balaban J connectivity index is 1.66. The SMILES string of the molecule is [C-]#[N+]c1cc(N2CCN(c3ccc(C(=O)OC)cc3)CC2)ccc1C. The molecule has 5 heteroatoms. The Hall–Kier alpha value is -3.00. The lowest BCUT2D eigenvalue weighted by Gasteiger charge is -2.37. The van der Waals surface area contributed by atoms with Gasteiger partial charge in [0.05, 0.1) is 19.2 Å². The summed E-state index contributed by atoms with van der Waals surface area (Å²) in [6.07, 6.45) is 0. The van der Waals surface area contributed by atoms with E-state index in [1.165, 1.54) is 7.11 Å². The van der Waals surface area contributed by atoms with Gasteiger partial charge < -0.3 is 14.5 Å². The van der Waals surface area contributed by atoms with Crippen LogP contribution in [0.15, 0.2) is 42.5 Å². The summed E-state index contributed by atoms with van der Waals surface area (Å²) in [7, 11) is 1.39. The first-order valence-electron chi connectivity index (χ1n) is 8.29. The molecule has 1 saturated heterocycles. The first-order valence-corrected chi connectivity index (χ1v) is 8.29. The largest absolute Gasteiger partial charge is 0.465 e. The number of benzene rings is 2. The van der Waals surface area contributed by atoms with Crippen molar-refractivity contribution >= 4 is 23.0 Å². The van der Waals surface area contributed by atoms with Crippen molar-refractivity contribution in [3.8, 4) is 0 Å². The van der Waals surface area contributed by atoms with E-state index in [-0.39, 0.29) is 5.97 Å². The molecule has 0 aliphatic carbocycles. The molecule has 1 fully saturated rings. The smallest absolute Gasteiger partial charge is 0.337 e. The Morgan fingerprint density at radius 3 is 2.12 bits per heavy atom. The Kier molecular flexibility index (Phi) is 4.90. The van der Waals surface area contributed by atoms with Crippen LogP contribution in [0, 0.1) is 13.5 Å². The third-order valence-electron chi connectivity index (χ3n) is 4.61. The van der Waals surface area contributed by atoms with Gasteiger partial charge >= 0.3 is 5.97 Å². The van der Waals surface area contributed by atoms with E-state index in [1.807, 2.05) is 31.2 Å². The molecule has 0 bridgehead atoms. The van der Waals surface area contributed by atoms with Crippen molar-refractivity contribution in [1.29, 1.82) is 0 Å². The minimum absolute atomic E-state index is 0.314. The van der Waals surface area contributed by atoms with Crippen LogP contribution in [0.2, 0.25) is 0 Å². The highest BCUT2D eigenvalue weighted by Crippen LogP contribution is 2.27. The van der Waals surface area contributed by atoms with Crippen LogP contribution in [0.5, 0.6) is 0 Å². The van der Waals surface area contributed by atoms with Crippen molar-refractivity contribution in [2.75, 3.05) is 43.1 Å². The summed E-state index contributed by atoms with van der Waals surface area (Å²) in [5, 5.41) is 0. The molecule has 0 radical (unpaired) electrons. The third kappa shape index (κ3) is 3.58. The van der Waals surface area contributed by atoms with E-state index in [0.29, 0.717) is 5.56 Å². The zero-order valence-corrected chi connectivity index (χ0v) is 14.5. The van der Waals surface area contributed by atoms with E-state index in [0.717, 1.165) is 48.8 Å². The van der Waals surface area contributed by atoms with Crippen LogP contribution in [0.4, 0.5) is 17.1 Å². The number of methoxy groups -OCH3 is 1. The predicted octanol–water partition coefficient (Wildman–Crippen LogP) is 3.66. The highest BCUT2D eigenvalue weighted by Gasteiger charge is 2.18. The number of piperazine rings is 1. The molecule has 1 aliphatic rings. The zero-order chi connectivity index (χ0) is 17.8. The molecule has 1 aliphatic heterocycles. The Morgan fingerprint density at radius 1 is 1.00 bits per heavy atom. The van der Waals surface area contributed by atoms with Gasteiger partial charge in [-0.1, -0.05) is 6.07 Å². The average molecular weight is 335 g/mol. The minimum atomic E-state index is -0.314. The van der Waals surface area contributed by atoms with Gasteiger partial charge in [0.15, 0.2) is 5.69 Å². The highest BCUT2D eigenvalue weighted by molar-refractivity contribution is 5.89. The van der Waals surface area contributed by atoms with Crippen molar-refractivity contribution in [2.45, 2.75) is 6.92 Å². The lowest BCUT2D eigenvalue weighted by Crippen LogP contribution is -2.46. The Morgan fingerprint density at radius 2 is 1.56 bits per heavy atom. The van der Waals surface area contributed by atoms with Gasteiger partial charge in [-0.2, -0.15) is 0 Å². The maximum atomic E-state index is 11.5. The fourth-order valence-electron chi connectivity index (χ4n) is 3.06. The molecule has 5 nitrogen and oxygen atoms in total. The number of esters is 1. The molecule has 0 N–H and O–H groups in total. The Bertz CT molecular complexity index is 801. The molecule has 25 heavy (non-hydrogen) atoms. The van der Waals surface area contributed by atoms with E-state index >= 15 is 0 Å². The summed E-state index contributed by atoms with van der Waals surface area (Å²) in [6, 6.07) is 13.6. The molecule has 2 aromatic rings. The summed E-state index contributed by atoms with van der Waals surface area (Å²) >= 11 is 0. The van der Waals surface area contributed by atoms with Crippen molar-refractivity contribution in [3.63, 3.8) is 0 Å². The van der Waals surface area contributed by atoms with Gasteiger partial charge in [-0.25, -0.2) is 9.64 Å². The molecule has 128 valence electrons. The zero-order valence-electron chi connectivity index (χ0n) is 14.5. The molecular formula is C20H21N3O2. The third-order valence-corrected chi connectivity index (χ3v) is 4.61. The van der Waals surface area contributed by atoms with Gasteiger partial charge in [-0.3, -0.25) is 0 Å². The van der Waals surface area contributed by atoms with Crippen molar-refractivity contribution in [2.24, 2.45) is 0 Å². The fourth-order valence-corrected chi connectivity index (χ4v) is 3.06. The lowest BCUT2D eigenvalue weighted by atomic mass is 10.1. The van der Waals surface area contributed by atoms with E-state index in [4.69, 9.17) is 11.3 Å². The number of nitrogens with zero attached hydrogens (tertiary/aromatic N) is 3. The molecule has 0 saturated carbocycles. The fraction of sp³-hybridized carbons (Fsp3) is 0.300. The van der Waals surface area contributed by atoms with Crippen molar-refractivity contribution < 1.29 is 9.53 Å². The molecular weight excluding hydrogens is 314 g/mol. The summed E-state index contributed by atoms with van der Waals surface area (Å²) in [4.78, 5) is 19.7. The maximum Gasteiger partial charge on any atom is 0.337 e. The van der Waals surface area contributed by atoms with Gasteiger partial charge in [-0.15, -0.1) is 0 Å². The summed E-state index contributed by atoms with van der Waals surface area (Å²) in [5.74, 6) is -0.314. The Labute approximate surface area is 148 Å². The number of hydrogen-bond donors (Lipinski definition) is 0. The average Bonchev–Trinajstić information content (AvgIpc) is 2.68. The second-order valence-electron chi connectivity index (χ2n) is 6.10. The van der Waals surface area contributed by atoms with Gasteiger partial charge in [0, 0.05) is 37.6 Å². The topological polar surface area (TPSA) is 37.1 Å². The second-order valence-corrected chi connectivity index (χ2v) is 6.10. The van der Waals surface area contributed by atoms with E-state index < -0.39 is 0 Å². The number of carbonyl (C=O) groups is 1. The molecule has 0 atom stereocenters. The molecule has 0 aromatic heterocycles. The number of anilines is 2. The number of rotatable bonds is 3. The van der Waals surface area contributed by atoms with Crippen LogP contribution in [0.25, 0.3) is 4.85 Å². The van der Waals surface area contributed by atoms with Crippen LogP contribution in [0.1, 0.15) is 15.9 Å².